The van der Waals surface area contributed by atoms with E-state index in [1.165, 1.54) is 0 Å². The number of hydrogen-bond acceptors (Lipinski definition) is 5. The van der Waals surface area contributed by atoms with E-state index in [0.29, 0.717) is 6.42 Å². The van der Waals surface area contributed by atoms with Gasteiger partial charge in [-0.2, -0.15) is 4.31 Å². The Morgan fingerprint density at radius 1 is 1.42 bits per heavy atom. The number of furan rings is 1. The van der Waals surface area contributed by atoms with Crippen molar-refractivity contribution in [1.82, 2.24) is 4.31 Å². The van der Waals surface area contributed by atoms with Crippen LogP contribution in [0.15, 0.2) is 21.6 Å². The number of carbonyl (C=O) groups is 2. The lowest BCUT2D eigenvalue weighted by atomic mass is 10.2. The number of carbonyl (C=O) groups excluding carboxylic acids is 1. The summed E-state index contributed by atoms with van der Waals surface area (Å²) in [6.07, 6.45) is 0.706. The molecule has 3 N–H and O–H groups in total. The van der Waals surface area contributed by atoms with Crippen LogP contribution in [0.4, 0.5) is 0 Å². The molecular formula is C10H12N2O6S. The SMILES string of the molecule is NC(=O)c1ccc(S(=O)(=O)N2CCCC2C(=O)O)o1. The highest BCUT2D eigenvalue weighted by atomic mass is 32.2. The van der Waals surface area contributed by atoms with Gasteiger partial charge in [-0.3, -0.25) is 9.59 Å². The Bertz CT molecular complexity index is 620. The molecule has 8 nitrogen and oxygen atoms in total. The average molecular weight is 288 g/mol. The van der Waals surface area contributed by atoms with Crippen LogP contribution in [-0.2, 0) is 14.8 Å². The molecule has 1 aliphatic heterocycles. The molecule has 2 heterocycles. The first-order valence-corrected chi connectivity index (χ1v) is 6.92. The van der Waals surface area contributed by atoms with Crippen LogP contribution in [0.1, 0.15) is 23.4 Å². The topological polar surface area (TPSA) is 131 Å². The van der Waals surface area contributed by atoms with Crippen molar-refractivity contribution in [2.24, 2.45) is 5.73 Å². The zero-order valence-corrected chi connectivity index (χ0v) is 10.6. The predicted octanol–water partition coefficient (Wildman–Crippen LogP) is -0.384. The third kappa shape index (κ3) is 2.34. The molecule has 1 aromatic rings. The monoisotopic (exact) mass is 288 g/mol. The Morgan fingerprint density at radius 3 is 2.63 bits per heavy atom. The van der Waals surface area contributed by atoms with Crippen molar-refractivity contribution in [3.63, 3.8) is 0 Å². The Kier molecular flexibility index (Phi) is 3.33. The first-order valence-electron chi connectivity index (χ1n) is 5.48. The first-order chi connectivity index (χ1) is 8.84. The molecule has 0 bridgehead atoms. The van der Waals surface area contributed by atoms with E-state index in [1.807, 2.05) is 0 Å². The maximum Gasteiger partial charge on any atom is 0.322 e. The Balaban J connectivity index is 2.36. The number of amides is 1. The van der Waals surface area contributed by atoms with Crippen LogP contribution < -0.4 is 5.73 Å². The minimum atomic E-state index is -4.07. The molecular weight excluding hydrogens is 276 g/mol. The summed E-state index contributed by atoms with van der Waals surface area (Å²) >= 11 is 0. The summed E-state index contributed by atoms with van der Waals surface area (Å²) < 4.78 is 30.1. The van der Waals surface area contributed by atoms with Gasteiger partial charge in [-0.05, 0) is 25.0 Å². The molecule has 0 spiro atoms. The van der Waals surface area contributed by atoms with Gasteiger partial charge in [0.05, 0.1) is 0 Å². The molecule has 0 aromatic carbocycles. The van der Waals surface area contributed by atoms with Gasteiger partial charge >= 0.3 is 5.97 Å². The minimum absolute atomic E-state index is 0.103. The van der Waals surface area contributed by atoms with Crippen molar-refractivity contribution in [3.8, 4) is 0 Å². The standard InChI is InChI=1S/C10H12N2O6S/c11-9(13)7-3-4-8(18-7)19(16,17)12-5-1-2-6(12)10(14)15/h3-4,6H,1-2,5H2,(H2,11,13)(H,14,15). The third-order valence-electron chi connectivity index (χ3n) is 2.88. The first kappa shape index (κ1) is 13.6. The van der Waals surface area contributed by atoms with E-state index >= 15 is 0 Å². The van der Waals surface area contributed by atoms with Gasteiger partial charge in [-0.1, -0.05) is 0 Å². The molecule has 0 radical (unpaired) electrons. The fourth-order valence-corrected chi connectivity index (χ4v) is 3.55. The highest BCUT2D eigenvalue weighted by molar-refractivity contribution is 7.89. The summed E-state index contributed by atoms with van der Waals surface area (Å²) in [5.74, 6) is -2.38. The number of rotatable bonds is 4. The van der Waals surface area contributed by atoms with E-state index in [1.54, 1.807) is 0 Å². The average Bonchev–Trinajstić information content (AvgIpc) is 2.98. The largest absolute Gasteiger partial charge is 0.480 e. The lowest BCUT2D eigenvalue weighted by molar-refractivity contribution is -0.140. The van der Waals surface area contributed by atoms with Crippen molar-refractivity contribution >= 4 is 21.9 Å². The Hall–Kier alpha value is -1.87. The molecule has 1 saturated heterocycles. The summed E-state index contributed by atoms with van der Waals surface area (Å²) in [7, 11) is -4.07. The molecule has 2 rings (SSSR count). The third-order valence-corrected chi connectivity index (χ3v) is 4.66. The molecule has 1 aromatic heterocycles. The zero-order chi connectivity index (χ0) is 14.2. The van der Waals surface area contributed by atoms with E-state index in [-0.39, 0.29) is 18.7 Å². The lowest BCUT2D eigenvalue weighted by Gasteiger charge is -2.19. The van der Waals surface area contributed by atoms with Gasteiger partial charge in [-0.15, -0.1) is 0 Å². The maximum atomic E-state index is 12.2. The zero-order valence-electron chi connectivity index (χ0n) is 9.77. The van der Waals surface area contributed by atoms with Gasteiger partial charge in [0, 0.05) is 6.54 Å². The highest BCUT2D eigenvalue weighted by Crippen LogP contribution is 2.27. The summed E-state index contributed by atoms with van der Waals surface area (Å²) in [5.41, 5.74) is 4.96. The number of aliphatic carboxylic acids is 1. The maximum absolute atomic E-state index is 12.2. The van der Waals surface area contributed by atoms with Crippen LogP contribution in [-0.4, -0.2) is 42.3 Å². The number of nitrogens with zero attached hydrogens (tertiary/aromatic N) is 1. The highest BCUT2D eigenvalue weighted by Gasteiger charge is 2.41. The molecule has 1 aliphatic rings. The van der Waals surface area contributed by atoms with Gasteiger partial charge in [0.2, 0.25) is 5.09 Å². The summed E-state index contributed by atoms with van der Waals surface area (Å²) in [6, 6.07) is 1.13. The molecule has 19 heavy (non-hydrogen) atoms. The van der Waals surface area contributed by atoms with E-state index in [9.17, 15) is 18.0 Å². The van der Waals surface area contributed by atoms with E-state index < -0.39 is 33.0 Å². The molecule has 1 amide bonds. The van der Waals surface area contributed by atoms with E-state index in [2.05, 4.69) is 0 Å². The van der Waals surface area contributed by atoms with Gasteiger partial charge in [0.25, 0.3) is 15.9 Å². The number of sulfonamides is 1. The van der Waals surface area contributed by atoms with Crippen molar-refractivity contribution < 1.29 is 27.5 Å². The van der Waals surface area contributed by atoms with Crippen LogP contribution in [0, 0.1) is 0 Å². The van der Waals surface area contributed by atoms with E-state index in [0.717, 1.165) is 16.4 Å². The van der Waals surface area contributed by atoms with Crippen molar-refractivity contribution in [3.05, 3.63) is 17.9 Å². The number of hydrogen-bond donors (Lipinski definition) is 2. The van der Waals surface area contributed by atoms with Crippen LogP contribution in [0.3, 0.4) is 0 Å². The van der Waals surface area contributed by atoms with Crippen molar-refractivity contribution in [2.75, 3.05) is 6.54 Å². The second-order valence-corrected chi connectivity index (χ2v) is 5.92. The van der Waals surface area contributed by atoms with E-state index in [4.69, 9.17) is 15.3 Å². The lowest BCUT2D eigenvalue weighted by Crippen LogP contribution is -2.40. The smallest absolute Gasteiger partial charge is 0.322 e. The molecule has 1 atom stereocenters. The normalized spacial score (nSPS) is 20.5. The molecule has 104 valence electrons. The quantitative estimate of drug-likeness (QED) is 0.776. The number of nitrogens with two attached hydrogens (primary N) is 1. The molecule has 9 heteroatoms. The summed E-state index contributed by atoms with van der Waals surface area (Å²) in [6.45, 7) is 0.103. The van der Waals surface area contributed by atoms with Crippen LogP contribution >= 0.6 is 0 Å². The van der Waals surface area contributed by atoms with Crippen molar-refractivity contribution in [2.45, 2.75) is 24.0 Å². The van der Waals surface area contributed by atoms with Crippen LogP contribution in [0.25, 0.3) is 0 Å². The minimum Gasteiger partial charge on any atom is -0.480 e. The number of carboxylic acids is 1. The predicted molar refractivity (Wildman–Crippen MR) is 61.8 cm³/mol. The molecule has 0 saturated carbocycles. The van der Waals surface area contributed by atoms with Gasteiger partial charge in [-0.25, -0.2) is 8.42 Å². The second-order valence-electron chi connectivity index (χ2n) is 4.09. The second kappa shape index (κ2) is 4.67. The summed E-state index contributed by atoms with van der Waals surface area (Å²) in [4.78, 5) is 21.9. The molecule has 0 aliphatic carbocycles. The van der Waals surface area contributed by atoms with Gasteiger partial charge in [0.1, 0.15) is 6.04 Å². The Morgan fingerprint density at radius 2 is 2.11 bits per heavy atom. The van der Waals surface area contributed by atoms with Crippen LogP contribution in [0.5, 0.6) is 0 Å². The summed E-state index contributed by atoms with van der Waals surface area (Å²) in [5, 5.41) is 8.50. The van der Waals surface area contributed by atoms with Gasteiger partial charge < -0.3 is 15.3 Å². The van der Waals surface area contributed by atoms with Crippen LogP contribution in [0.2, 0.25) is 0 Å². The molecule has 1 unspecified atom stereocenters. The van der Waals surface area contributed by atoms with Gasteiger partial charge in [0.15, 0.2) is 5.76 Å². The fraction of sp³-hybridized carbons (Fsp3) is 0.400. The molecule has 1 fully saturated rings. The fourth-order valence-electron chi connectivity index (χ4n) is 1.98. The number of carboxylic acid groups (broad SMARTS) is 1. The number of primary amides is 1. The Labute approximate surface area is 108 Å². The van der Waals surface area contributed by atoms with Crippen molar-refractivity contribution in [1.29, 1.82) is 0 Å².